The Morgan fingerprint density at radius 2 is 1.71 bits per heavy atom. The standard InChI is InChI=1S/C30H35BrN2O/c1-2-20-33(27-17-18-28-26(22-27)11-8-12-29(28)31)21-7-6-19-32-30(34)25-15-13-24(14-16-25)23-9-4-3-5-10-23/h3-5,8-16,27H,2,6-7,17-22H2,1H3,(H,32,34)/t27-/m1/s1. The number of carbonyl (C=O) groups excluding carboxylic acids is 1. The molecule has 0 heterocycles. The fraction of sp³-hybridized carbons (Fsp3) is 0.367. The van der Waals surface area contributed by atoms with Gasteiger partial charge >= 0.3 is 0 Å². The lowest BCUT2D eigenvalue weighted by molar-refractivity contribution is 0.0952. The lowest BCUT2D eigenvalue weighted by Gasteiger charge is -2.35. The maximum Gasteiger partial charge on any atom is 0.251 e. The molecule has 3 aromatic carbocycles. The quantitative estimate of drug-likeness (QED) is 0.296. The van der Waals surface area contributed by atoms with E-state index in [1.165, 1.54) is 34.0 Å². The predicted molar refractivity (Wildman–Crippen MR) is 145 cm³/mol. The highest BCUT2D eigenvalue weighted by atomic mass is 79.9. The van der Waals surface area contributed by atoms with Gasteiger partial charge < -0.3 is 10.2 Å². The summed E-state index contributed by atoms with van der Waals surface area (Å²) in [6, 6.07) is 25.4. The third kappa shape index (κ3) is 6.37. The molecule has 0 radical (unpaired) electrons. The third-order valence-corrected chi connectivity index (χ3v) is 7.58. The highest BCUT2D eigenvalue weighted by Gasteiger charge is 2.24. The van der Waals surface area contributed by atoms with Gasteiger partial charge in [-0.3, -0.25) is 4.79 Å². The minimum absolute atomic E-state index is 0.0134. The van der Waals surface area contributed by atoms with Gasteiger partial charge in [0.2, 0.25) is 0 Å². The van der Waals surface area contributed by atoms with Gasteiger partial charge in [0.25, 0.3) is 5.91 Å². The van der Waals surface area contributed by atoms with Crippen molar-refractivity contribution in [3.8, 4) is 11.1 Å². The van der Waals surface area contributed by atoms with Gasteiger partial charge in [-0.1, -0.05) is 77.5 Å². The summed E-state index contributed by atoms with van der Waals surface area (Å²) in [5.41, 5.74) is 6.01. The number of unbranched alkanes of at least 4 members (excludes halogenated alkanes) is 1. The van der Waals surface area contributed by atoms with Gasteiger partial charge in [-0.2, -0.15) is 0 Å². The van der Waals surface area contributed by atoms with Crippen LogP contribution in [-0.2, 0) is 12.8 Å². The van der Waals surface area contributed by atoms with E-state index in [9.17, 15) is 4.79 Å². The van der Waals surface area contributed by atoms with E-state index in [0.717, 1.165) is 56.4 Å². The Kier molecular flexibility index (Phi) is 8.95. The van der Waals surface area contributed by atoms with Gasteiger partial charge in [0.05, 0.1) is 0 Å². The average molecular weight is 520 g/mol. The van der Waals surface area contributed by atoms with Gasteiger partial charge in [0, 0.05) is 22.6 Å². The Hall–Kier alpha value is -2.43. The molecule has 1 amide bonds. The van der Waals surface area contributed by atoms with Crippen molar-refractivity contribution in [3.63, 3.8) is 0 Å². The summed E-state index contributed by atoms with van der Waals surface area (Å²) in [5, 5.41) is 3.10. The van der Waals surface area contributed by atoms with E-state index in [-0.39, 0.29) is 5.91 Å². The summed E-state index contributed by atoms with van der Waals surface area (Å²) >= 11 is 3.72. The molecule has 34 heavy (non-hydrogen) atoms. The van der Waals surface area contributed by atoms with Crippen molar-refractivity contribution in [2.24, 2.45) is 0 Å². The van der Waals surface area contributed by atoms with E-state index < -0.39 is 0 Å². The third-order valence-electron chi connectivity index (χ3n) is 6.84. The SMILES string of the molecule is CCCN(CCCCNC(=O)c1ccc(-c2ccccc2)cc1)[C@@H]1CCc2c(Br)cccc2C1. The molecule has 3 nitrogen and oxygen atoms in total. The number of halogens is 1. The van der Waals surface area contributed by atoms with E-state index in [1.807, 2.05) is 42.5 Å². The number of hydrogen-bond donors (Lipinski definition) is 1. The number of benzene rings is 3. The number of hydrogen-bond acceptors (Lipinski definition) is 2. The van der Waals surface area contributed by atoms with Crippen molar-refractivity contribution in [1.82, 2.24) is 10.2 Å². The molecular formula is C30H35BrN2O. The van der Waals surface area contributed by atoms with Crippen LogP contribution in [0.15, 0.2) is 77.3 Å². The molecule has 1 N–H and O–H groups in total. The van der Waals surface area contributed by atoms with Crippen LogP contribution in [0.1, 0.15) is 54.1 Å². The molecule has 4 rings (SSSR count). The van der Waals surface area contributed by atoms with Crippen molar-refractivity contribution in [3.05, 3.63) is 94.0 Å². The zero-order valence-electron chi connectivity index (χ0n) is 20.1. The maximum atomic E-state index is 12.6. The van der Waals surface area contributed by atoms with Crippen LogP contribution in [0.5, 0.6) is 0 Å². The van der Waals surface area contributed by atoms with E-state index in [2.05, 4.69) is 63.4 Å². The summed E-state index contributed by atoms with van der Waals surface area (Å²) in [6.45, 7) is 5.24. The van der Waals surface area contributed by atoms with Crippen molar-refractivity contribution in [2.75, 3.05) is 19.6 Å². The number of nitrogens with one attached hydrogen (secondary N) is 1. The van der Waals surface area contributed by atoms with Gasteiger partial charge in [0.1, 0.15) is 0 Å². The Morgan fingerprint density at radius 1 is 0.941 bits per heavy atom. The summed E-state index contributed by atoms with van der Waals surface area (Å²) in [7, 11) is 0. The number of carbonyl (C=O) groups is 1. The molecule has 0 spiro atoms. The first-order valence-corrected chi connectivity index (χ1v) is 13.4. The van der Waals surface area contributed by atoms with Crippen LogP contribution in [0, 0.1) is 0 Å². The molecule has 0 aliphatic heterocycles. The Balaban J connectivity index is 1.22. The second kappa shape index (κ2) is 12.3. The van der Waals surface area contributed by atoms with E-state index in [1.54, 1.807) is 0 Å². The number of amides is 1. The first-order chi connectivity index (χ1) is 16.7. The van der Waals surface area contributed by atoms with Crippen molar-refractivity contribution >= 4 is 21.8 Å². The number of fused-ring (bicyclic) bond motifs is 1. The van der Waals surface area contributed by atoms with Crippen LogP contribution in [0.2, 0.25) is 0 Å². The second-order valence-corrected chi connectivity index (χ2v) is 10.1. The number of rotatable bonds is 10. The molecule has 1 aliphatic rings. The molecule has 3 aromatic rings. The van der Waals surface area contributed by atoms with Gasteiger partial charge in [0.15, 0.2) is 0 Å². The monoisotopic (exact) mass is 518 g/mol. The first kappa shape index (κ1) is 24.7. The first-order valence-electron chi connectivity index (χ1n) is 12.6. The molecule has 1 aliphatic carbocycles. The highest BCUT2D eigenvalue weighted by molar-refractivity contribution is 9.10. The molecule has 0 fully saturated rings. The van der Waals surface area contributed by atoms with Crippen LogP contribution < -0.4 is 5.32 Å². The molecule has 0 bridgehead atoms. The van der Waals surface area contributed by atoms with Crippen molar-refractivity contribution in [1.29, 1.82) is 0 Å². The lowest BCUT2D eigenvalue weighted by Crippen LogP contribution is -2.40. The lowest BCUT2D eigenvalue weighted by atomic mass is 9.87. The molecule has 0 saturated heterocycles. The van der Waals surface area contributed by atoms with Gasteiger partial charge in [-0.15, -0.1) is 0 Å². The molecule has 178 valence electrons. The van der Waals surface area contributed by atoms with E-state index >= 15 is 0 Å². The van der Waals surface area contributed by atoms with Crippen molar-refractivity contribution in [2.45, 2.75) is 51.5 Å². The highest BCUT2D eigenvalue weighted by Crippen LogP contribution is 2.30. The van der Waals surface area contributed by atoms with Crippen molar-refractivity contribution < 1.29 is 4.79 Å². The Labute approximate surface area is 212 Å². The maximum absolute atomic E-state index is 12.6. The molecule has 0 saturated carbocycles. The predicted octanol–water partition coefficient (Wildman–Crippen LogP) is 6.90. The molecular weight excluding hydrogens is 484 g/mol. The zero-order chi connectivity index (χ0) is 23.8. The fourth-order valence-electron chi connectivity index (χ4n) is 5.01. The topological polar surface area (TPSA) is 32.3 Å². The van der Waals surface area contributed by atoms with Crippen LogP contribution in [0.4, 0.5) is 0 Å². The van der Waals surface area contributed by atoms with Crippen LogP contribution in [-0.4, -0.2) is 36.5 Å². The second-order valence-electron chi connectivity index (χ2n) is 9.22. The Morgan fingerprint density at radius 3 is 2.47 bits per heavy atom. The largest absolute Gasteiger partial charge is 0.352 e. The van der Waals surface area contributed by atoms with Gasteiger partial charge in [-0.25, -0.2) is 0 Å². The summed E-state index contributed by atoms with van der Waals surface area (Å²) in [4.78, 5) is 15.2. The fourth-order valence-corrected chi connectivity index (χ4v) is 5.61. The average Bonchev–Trinajstić information content (AvgIpc) is 2.88. The smallest absolute Gasteiger partial charge is 0.251 e. The summed E-state index contributed by atoms with van der Waals surface area (Å²) in [5.74, 6) is 0.0134. The molecule has 4 heteroatoms. The zero-order valence-corrected chi connectivity index (χ0v) is 21.7. The molecule has 1 atom stereocenters. The van der Waals surface area contributed by atoms with Gasteiger partial charge in [-0.05, 0) is 92.1 Å². The summed E-state index contributed by atoms with van der Waals surface area (Å²) < 4.78 is 1.26. The van der Waals surface area contributed by atoms with Crippen LogP contribution in [0.3, 0.4) is 0 Å². The van der Waals surface area contributed by atoms with E-state index in [4.69, 9.17) is 0 Å². The minimum atomic E-state index is 0.0134. The van der Waals surface area contributed by atoms with E-state index in [0.29, 0.717) is 6.04 Å². The normalized spacial score (nSPS) is 15.2. The molecule has 0 aromatic heterocycles. The molecule has 0 unspecified atom stereocenters. The Bertz CT molecular complexity index is 1060. The summed E-state index contributed by atoms with van der Waals surface area (Å²) in [6.07, 6.45) is 6.81. The van der Waals surface area contributed by atoms with Crippen LogP contribution in [0.25, 0.3) is 11.1 Å². The minimum Gasteiger partial charge on any atom is -0.352 e. The number of nitrogens with zero attached hydrogens (tertiary/aromatic N) is 1. The van der Waals surface area contributed by atoms with Crippen LogP contribution >= 0.6 is 15.9 Å².